The number of nitrogens with one attached hydrogen (secondary N) is 3. The Morgan fingerprint density at radius 1 is 1.36 bits per heavy atom. The van der Waals surface area contributed by atoms with E-state index >= 15 is 0 Å². The van der Waals surface area contributed by atoms with E-state index in [4.69, 9.17) is 4.74 Å². The molecule has 0 bridgehead atoms. The molecule has 0 unspecified atom stereocenters. The van der Waals surface area contributed by atoms with Gasteiger partial charge in [0.2, 0.25) is 15.9 Å². The fraction of sp³-hybridized carbons (Fsp3) is 0.923. The number of halogens is 1. The molecule has 2 aliphatic rings. The zero-order valence-corrected chi connectivity index (χ0v) is 14.5. The smallest absolute Gasteiger partial charge is 0.239 e. The lowest BCUT2D eigenvalue weighted by molar-refractivity contribution is -0.128. The Morgan fingerprint density at radius 2 is 2.09 bits per heavy atom. The molecule has 1 saturated carbocycles. The number of sulfonamides is 1. The summed E-state index contributed by atoms with van der Waals surface area (Å²) in [5.41, 5.74) is 0. The van der Waals surface area contributed by atoms with Crippen LogP contribution < -0.4 is 15.4 Å². The number of rotatable bonds is 7. The summed E-state index contributed by atoms with van der Waals surface area (Å²) in [6.45, 7) is 3.68. The van der Waals surface area contributed by atoms with Gasteiger partial charge >= 0.3 is 0 Å². The van der Waals surface area contributed by atoms with E-state index in [0.717, 1.165) is 12.8 Å². The maximum atomic E-state index is 11.9. The summed E-state index contributed by atoms with van der Waals surface area (Å²) >= 11 is 0. The van der Waals surface area contributed by atoms with E-state index in [1.54, 1.807) is 0 Å². The molecule has 2 fully saturated rings. The quantitative estimate of drug-likeness (QED) is 0.578. The van der Waals surface area contributed by atoms with E-state index in [1.165, 1.54) is 6.42 Å². The summed E-state index contributed by atoms with van der Waals surface area (Å²) in [7, 11) is -3.31. The highest BCUT2D eigenvalue weighted by Gasteiger charge is 2.28. The van der Waals surface area contributed by atoms with Crippen LogP contribution >= 0.6 is 12.4 Å². The SMILES string of the molecule is C[C@H]1OCCN[C@@H]1C(=O)NCCS(=O)(=O)NCC1CCC1.Cl. The second-order valence-corrected chi connectivity index (χ2v) is 7.69. The van der Waals surface area contributed by atoms with Gasteiger partial charge in [-0.25, -0.2) is 13.1 Å². The van der Waals surface area contributed by atoms with Gasteiger partial charge in [-0.05, 0) is 25.7 Å². The van der Waals surface area contributed by atoms with Crippen LogP contribution in [-0.4, -0.2) is 58.5 Å². The molecule has 1 aliphatic heterocycles. The first-order valence-electron chi connectivity index (χ1n) is 7.58. The summed E-state index contributed by atoms with van der Waals surface area (Å²) in [6, 6.07) is -0.413. The third-order valence-electron chi connectivity index (χ3n) is 4.09. The molecule has 0 aromatic heterocycles. The first-order valence-corrected chi connectivity index (χ1v) is 9.23. The lowest BCUT2D eigenvalue weighted by Crippen LogP contribution is -2.56. The van der Waals surface area contributed by atoms with Crippen LogP contribution in [-0.2, 0) is 19.6 Å². The molecule has 1 saturated heterocycles. The molecule has 2 atom stereocenters. The molecule has 1 amide bonds. The standard InChI is InChI=1S/C13H25N3O4S.ClH/c1-10-12(14-5-7-20-10)13(17)15-6-8-21(18,19)16-9-11-3-2-4-11;/h10-12,14,16H,2-9H2,1H3,(H,15,17);1H/t10-,12+;/m1./s1. The Bertz CT molecular complexity index is 456. The molecule has 0 aromatic rings. The fourth-order valence-electron chi connectivity index (χ4n) is 2.46. The largest absolute Gasteiger partial charge is 0.375 e. The van der Waals surface area contributed by atoms with Crippen LogP contribution in [0.3, 0.4) is 0 Å². The van der Waals surface area contributed by atoms with Gasteiger partial charge in [0.05, 0.1) is 18.5 Å². The van der Waals surface area contributed by atoms with Gasteiger partial charge in [0.15, 0.2) is 0 Å². The van der Waals surface area contributed by atoms with Gasteiger partial charge < -0.3 is 15.4 Å². The molecule has 2 rings (SSSR count). The highest BCUT2D eigenvalue weighted by Crippen LogP contribution is 2.25. The van der Waals surface area contributed by atoms with Crippen LogP contribution in [0.2, 0.25) is 0 Å². The minimum absolute atomic E-state index is 0. The van der Waals surface area contributed by atoms with E-state index < -0.39 is 16.1 Å². The molecule has 0 radical (unpaired) electrons. The number of hydrogen-bond donors (Lipinski definition) is 3. The van der Waals surface area contributed by atoms with Crippen molar-refractivity contribution in [1.29, 1.82) is 0 Å². The van der Waals surface area contributed by atoms with E-state index in [-0.39, 0.29) is 36.7 Å². The first-order chi connectivity index (χ1) is 9.98. The Balaban J connectivity index is 0.00000242. The Morgan fingerprint density at radius 3 is 2.68 bits per heavy atom. The molecular formula is C13H26ClN3O4S. The number of ether oxygens (including phenoxy) is 1. The molecular weight excluding hydrogens is 330 g/mol. The molecule has 9 heteroatoms. The molecule has 0 aromatic carbocycles. The van der Waals surface area contributed by atoms with Crippen molar-refractivity contribution in [3.05, 3.63) is 0 Å². The maximum Gasteiger partial charge on any atom is 0.239 e. The Hall–Kier alpha value is -0.410. The highest BCUT2D eigenvalue weighted by molar-refractivity contribution is 7.89. The number of amides is 1. The zero-order chi connectivity index (χ0) is 15.3. The summed E-state index contributed by atoms with van der Waals surface area (Å²) in [5.74, 6) is 0.183. The van der Waals surface area contributed by atoms with Crippen molar-refractivity contribution in [1.82, 2.24) is 15.4 Å². The predicted molar refractivity (Wildman–Crippen MR) is 86.6 cm³/mol. The van der Waals surface area contributed by atoms with Crippen LogP contribution in [0.1, 0.15) is 26.2 Å². The minimum Gasteiger partial charge on any atom is -0.375 e. The summed E-state index contributed by atoms with van der Waals surface area (Å²) in [5, 5.41) is 5.72. The molecule has 22 heavy (non-hydrogen) atoms. The van der Waals surface area contributed by atoms with E-state index in [2.05, 4.69) is 15.4 Å². The van der Waals surface area contributed by atoms with Gasteiger partial charge in [0.25, 0.3) is 0 Å². The van der Waals surface area contributed by atoms with Gasteiger partial charge in [0, 0.05) is 19.6 Å². The molecule has 7 nitrogen and oxygen atoms in total. The minimum atomic E-state index is -3.31. The third-order valence-corrected chi connectivity index (χ3v) is 5.43. The van der Waals surface area contributed by atoms with Crippen molar-refractivity contribution >= 4 is 28.3 Å². The van der Waals surface area contributed by atoms with Crippen molar-refractivity contribution in [3.63, 3.8) is 0 Å². The van der Waals surface area contributed by atoms with Crippen molar-refractivity contribution < 1.29 is 17.9 Å². The molecule has 0 spiro atoms. The van der Waals surface area contributed by atoms with Crippen molar-refractivity contribution in [3.8, 4) is 0 Å². The lowest BCUT2D eigenvalue weighted by atomic mass is 9.86. The van der Waals surface area contributed by atoms with Crippen LogP contribution in [0.5, 0.6) is 0 Å². The second kappa shape index (κ2) is 9.02. The topological polar surface area (TPSA) is 96.5 Å². The number of morpholine rings is 1. The zero-order valence-electron chi connectivity index (χ0n) is 12.8. The summed E-state index contributed by atoms with van der Waals surface area (Å²) < 4.78 is 31.6. The fourth-order valence-corrected chi connectivity index (χ4v) is 3.46. The lowest BCUT2D eigenvalue weighted by Gasteiger charge is -2.29. The Kier molecular flexibility index (Phi) is 8.06. The second-order valence-electron chi connectivity index (χ2n) is 5.76. The van der Waals surface area contributed by atoms with E-state index in [9.17, 15) is 13.2 Å². The normalized spacial score (nSPS) is 25.9. The van der Waals surface area contributed by atoms with Gasteiger partial charge in [-0.3, -0.25) is 4.79 Å². The summed E-state index contributed by atoms with van der Waals surface area (Å²) in [6.07, 6.45) is 3.19. The van der Waals surface area contributed by atoms with Crippen molar-refractivity contribution in [2.24, 2.45) is 5.92 Å². The Labute approximate surface area is 138 Å². The van der Waals surface area contributed by atoms with E-state index in [1.807, 2.05) is 6.92 Å². The maximum absolute atomic E-state index is 11.9. The number of carbonyl (C=O) groups is 1. The average Bonchev–Trinajstić information content (AvgIpc) is 2.36. The number of carbonyl (C=O) groups excluding carboxylic acids is 1. The van der Waals surface area contributed by atoms with Crippen LogP contribution in [0, 0.1) is 5.92 Å². The van der Waals surface area contributed by atoms with Crippen LogP contribution in [0.25, 0.3) is 0 Å². The molecule has 1 aliphatic carbocycles. The molecule has 1 heterocycles. The van der Waals surface area contributed by atoms with Crippen molar-refractivity contribution in [2.45, 2.75) is 38.3 Å². The predicted octanol–water partition coefficient (Wildman–Crippen LogP) is -0.379. The molecule has 3 N–H and O–H groups in total. The monoisotopic (exact) mass is 355 g/mol. The van der Waals surface area contributed by atoms with Crippen LogP contribution in [0.15, 0.2) is 0 Å². The van der Waals surface area contributed by atoms with Gasteiger partial charge in [-0.15, -0.1) is 12.4 Å². The van der Waals surface area contributed by atoms with Gasteiger partial charge in [0.1, 0.15) is 6.04 Å². The number of hydrogen-bond acceptors (Lipinski definition) is 5. The highest BCUT2D eigenvalue weighted by atomic mass is 35.5. The van der Waals surface area contributed by atoms with Gasteiger partial charge in [-0.2, -0.15) is 0 Å². The first kappa shape index (κ1) is 19.6. The van der Waals surface area contributed by atoms with Crippen molar-refractivity contribution in [2.75, 3.05) is 32.0 Å². The summed E-state index contributed by atoms with van der Waals surface area (Å²) in [4.78, 5) is 11.9. The average molecular weight is 356 g/mol. The van der Waals surface area contributed by atoms with Gasteiger partial charge in [-0.1, -0.05) is 6.42 Å². The van der Waals surface area contributed by atoms with E-state index in [0.29, 0.717) is 25.6 Å². The third kappa shape index (κ3) is 6.00. The molecule has 130 valence electrons. The van der Waals surface area contributed by atoms with Crippen LogP contribution in [0.4, 0.5) is 0 Å².